The van der Waals surface area contributed by atoms with Crippen LogP contribution in [-0.4, -0.2) is 21.9 Å². The minimum atomic E-state index is 0.333. The Morgan fingerprint density at radius 3 is 2.88 bits per heavy atom. The van der Waals surface area contributed by atoms with Crippen LogP contribution >= 0.6 is 0 Å². The van der Waals surface area contributed by atoms with E-state index in [9.17, 15) is 0 Å². The molecular formula is C13H23N3. The summed E-state index contributed by atoms with van der Waals surface area (Å²) in [7, 11) is 0. The van der Waals surface area contributed by atoms with Crippen molar-refractivity contribution < 1.29 is 0 Å². The van der Waals surface area contributed by atoms with Gasteiger partial charge in [0.2, 0.25) is 0 Å². The molecule has 1 atom stereocenters. The van der Waals surface area contributed by atoms with Crippen LogP contribution in [0.15, 0.2) is 6.07 Å². The van der Waals surface area contributed by atoms with Crippen LogP contribution in [0.2, 0.25) is 0 Å². The second-order valence-electron chi connectivity index (χ2n) is 4.93. The molecule has 0 bridgehead atoms. The average molecular weight is 221 g/mol. The molecule has 2 rings (SSSR count). The maximum absolute atomic E-state index is 4.53. The van der Waals surface area contributed by atoms with Crippen molar-refractivity contribution in [2.45, 2.75) is 58.5 Å². The Hall–Kier alpha value is -0.830. The van der Waals surface area contributed by atoms with E-state index < -0.39 is 0 Å². The second kappa shape index (κ2) is 4.58. The molecule has 3 heteroatoms. The van der Waals surface area contributed by atoms with E-state index in [1.165, 1.54) is 31.5 Å². The van der Waals surface area contributed by atoms with Crippen molar-refractivity contribution >= 4 is 0 Å². The van der Waals surface area contributed by atoms with Crippen molar-refractivity contribution in [1.82, 2.24) is 15.1 Å². The van der Waals surface area contributed by atoms with Crippen LogP contribution in [0, 0.1) is 6.92 Å². The lowest BCUT2D eigenvalue weighted by Crippen LogP contribution is -2.41. The second-order valence-corrected chi connectivity index (χ2v) is 4.93. The van der Waals surface area contributed by atoms with Gasteiger partial charge in [-0.1, -0.05) is 6.92 Å². The molecule has 1 unspecified atom stereocenters. The van der Waals surface area contributed by atoms with Crippen molar-refractivity contribution in [1.29, 1.82) is 0 Å². The van der Waals surface area contributed by atoms with Gasteiger partial charge in [-0.2, -0.15) is 5.10 Å². The average Bonchev–Trinajstić information content (AvgIpc) is 2.86. The van der Waals surface area contributed by atoms with Gasteiger partial charge in [-0.25, -0.2) is 0 Å². The Kier molecular flexibility index (Phi) is 3.33. The van der Waals surface area contributed by atoms with E-state index >= 15 is 0 Å². The van der Waals surface area contributed by atoms with Crippen LogP contribution in [-0.2, 0) is 13.0 Å². The quantitative estimate of drug-likeness (QED) is 0.845. The van der Waals surface area contributed by atoms with Crippen molar-refractivity contribution in [3.8, 4) is 0 Å². The van der Waals surface area contributed by atoms with Gasteiger partial charge in [0.05, 0.1) is 5.69 Å². The summed E-state index contributed by atoms with van der Waals surface area (Å²) in [5.41, 5.74) is 2.86. The van der Waals surface area contributed by atoms with Crippen molar-refractivity contribution in [3.63, 3.8) is 0 Å². The molecule has 0 aromatic carbocycles. The molecule has 3 nitrogen and oxygen atoms in total. The van der Waals surface area contributed by atoms with Crippen molar-refractivity contribution in [2.24, 2.45) is 0 Å². The highest BCUT2D eigenvalue weighted by Gasteiger charge is 2.32. The predicted octanol–water partition coefficient (Wildman–Crippen LogP) is 2.29. The number of aromatic nitrogens is 2. The Balaban J connectivity index is 2.18. The third-order valence-electron chi connectivity index (χ3n) is 3.81. The fourth-order valence-electron chi connectivity index (χ4n) is 2.81. The number of hydrogen-bond donors (Lipinski definition) is 1. The largest absolute Gasteiger partial charge is 0.311 e. The van der Waals surface area contributed by atoms with Crippen LogP contribution in [0.3, 0.4) is 0 Å². The molecule has 0 spiro atoms. The number of nitrogens with zero attached hydrogens (tertiary/aromatic N) is 2. The van der Waals surface area contributed by atoms with Crippen LogP contribution in [0.4, 0.5) is 0 Å². The Morgan fingerprint density at radius 1 is 1.50 bits per heavy atom. The minimum absolute atomic E-state index is 0.333. The first-order valence-corrected chi connectivity index (χ1v) is 6.47. The molecule has 1 saturated heterocycles. The Labute approximate surface area is 98.2 Å². The molecule has 1 aromatic heterocycles. The van der Waals surface area contributed by atoms with Crippen LogP contribution < -0.4 is 5.32 Å². The lowest BCUT2D eigenvalue weighted by molar-refractivity contribution is 0.349. The van der Waals surface area contributed by atoms with E-state index in [4.69, 9.17) is 0 Å². The summed E-state index contributed by atoms with van der Waals surface area (Å²) in [4.78, 5) is 0. The molecule has 0 aliphatic carbocycles. The van der Waals surface area contributed by atoms with E-state index in [1.807, 2.05) is 0 Å². The van der Waals surface area contributed by atoms with Crippen molar-refractivity contribution in [3.05, 3.63) is 17.5 Å². The zero-order valence-corrected chi connectivity index (χ0v) is 10.7. The normalized spacial score (nSPS) is 25.2. The summed E-state index contributed by atoms with van der Waals surface area (Å²) in [6, 6.07) is 2.24. The van der Waals surface area contributed by atoms with E-state index in [2.05, 4.69) is 41.9 Å². The van der Waals surface area contributed by atoms with Gasteiger partial charge in [-0.15, -0.1) is 0 Å². The van der Waals surface area contributed by atoms with Gasteiger partial charge in [0.25, 0.3) is 0 Å². The zero-order chi connectivity index (χ0) is 11.6. The molecule has 1 aliphatic rings. The van der Waals surface area contributed by atoms with Gasteiger partial charge in [-0.3, -0.25) is 4.68 Å². The molecule has 1 aromatic rings. The number of nitrogens with one attached hydrogen (secondary N) is 1. The molecule has 90 valence electrons. The predicted molar refractivity (Wildman–Crippen MR) is 66.6 cm³/mol. The van der Waals surface area contributed by atoms with Gasteiger partial charge < -0.3 is 5.32 Å². The first-order chi connectivity index (χ1) is 7.69. The number of aryl methyl sites for hydroxylation is 2. The van der Waals surface area contributed by atoms with E-state index in [-0.39, 0.29) is 0 Å². The molecule has 0 amide bonds. The molecule has 2 heterocycles. The summed E-state index contributed by atoms with van der Waals surface area (Å²) < 4.78 is 2.15. The summed E-state index contributed by atoms with van der Waals surface area (Å²) in [5, 5.41) is 8.21. The SMILES string of the molecule is CCn1nc(C)cc1CC1(CC)CCCN1. The highest BCUT2D eigenvalue weighted by atomic mass is 15.3. The third kappa shape index (κ3) is 2.14. The molecule has 16 heavy (non-hydrogen) atoms. The van der Waals surface area contributed by atoms with Gasteiger partial charge in [0, 0.05) is 24.2 Å². The maximum Gasteiger partial charge on any atom is 0.0596 e. The van der Waals surface area contributed by atoms with Gasteiger partial charge in [0.15, 0.2) is 0 Å². The topological polar surface area (TPSA) is 29.9 Å². The fraction of sp³-hybridized carbons (Fsp3) is 0.769. The molecule has 1 fully saturated rings. The smallest absolute Gasteiger partial charge is 0.0596 e. The minimum Gasteiger partial charge on any atom is -0.311 e. The van der Waals surface area contributed by atoms with Gasteiger partial charge in [-0.05, 0) is 45.7 Å². The van der Waals surface area contributed by atoms with E-state index in [1.54, 1.807) is 0 Å². The molecule has 0 radical (unpaired) electrons. The highest BCUT2D eigenvalue weighted by Crippen LogP contribution is 2.27. The van der Waals surface area contributed by atoms with Crippen LogP contribution in [0.1, 0.15) is 44.5 Å². The number of rotatable bonds is 4. The van der Waals surface area contributed by atoms with Gasteiger partial charge >= 0.3 is 0 Å². The lowest BCUT2D eigenvalue weighted by atomic mass is 9.89. The first-order valence-electron chi connectivity index (χ1n) is 6.47. The van der Waals surface area contributed by atoms with E-state index in [0.717, 1.165) is 18.7 Å². The summed E-state index contributed by atoms with van der Waals surface area (Å²) in [6.07, 6.45) is 4.95. The molecular weight excluding hydrogens is 198 g/mol. The fourth-order valence-corrected chi connectivity index (χ4v) is 2.81. The third-order valence-corrected chi connectivity index (χ3v) is 3.81. The molecule has 0 saturated carbocycles. The molecule has 1 N–H and O–H groups in total. The van der Waals surface area contributed by atoms with E-state index in [0.29, 0.717) is 5.54 Å². The van der Waals surface area contributed by atoms with Gasteiger partial charge in [0.1, 0.15) is 0 Å². The number of hydrogen-bond acceptors (Lipinski definition) is 2. The zero-order valence-electron chi connectivity index (χ0n) is 10.7. The summed E-state index contributed by atoms with van der Waals surface area (Å²) in [5.74, 6) is 0. The maximum atomic E-state index is 4.53. The van der Waals surface area contributed by atoms with Crippen molar-refractivity contribution in [2.75, 3.05) is 6.54 Å². The monoisotopic (exact) mass is 221 g/mol. The summed E-state index contributed by atoms with van der Waals surface area (Å²) in [6.45, 7) is 8.68. The molecule has 1 aliphatic heterocycles. The highest BCUT2D eigenvalue weighted by molar-refractivity contribution is 5.14. The standard InChI is InChI=1S/C13H23N3/c1-4-13(7-6-8-14-13)10-12-9-11(3)15-16(12)5-2/h9,14H,4-8,10H2,1-3H3. The lowest BCUT2D eigenvalue weighted by Gasteiger charge is -2.28. The first kappa shape index (κ1) is 11.6. The Morgan fingerprint density at radius 2 is 2.31 bits per heavy atom. The Bertz CT molecular complexity index is 348. The van der Waals surface area contributed by atoms with Crippen LogP contribution in [0.5, 0.6) is 0 Å². The van der Waals surface area contributed by atoms with Crippen LogP contribution in [0.25, 0.3) is 0 Å². The summed E-state index contributed by atoms with van der Waals surface area (Å²) >= 11 is 0.